The molecule has 0 saturated heterocycles. The van der Waals surface area contributed by atoms with Gasteiger partial charge in [-0.3, -0.25) is 0 Å². The summed E-state index contributed by atoms with van der Waals surface area (Å²) in [7, 11) is 7.80. The minimum Gasteiger partial charge on any atom is -0.497 e. The lowest BCUT2D eigenvalue weighted by Gasteiger charge is -2.08. The highest BCUT2D eigenvalue weighted by molar-refractivity contribution is 6.00. The predicted molar refractivity (Wildman–Crippen MR) is 236 cm³/mol. The molecule has 8 aromatic rings. The zero-order valence-corrected chi connectivity index (χ0v) is 33.3. The number of hydrogen-bond acceptors (Lipinski definition) is 3. The number of aromatic nitrogens is 7. The number of benzene rings is 2. The summed E-state index contributed by atoms with van der Waals surface area (Å²) in [6, 6.07) is 38.5. The van der Waals surface area contributed by atoms with Crippen LogP contribution in [-0.4, -0.2) is 27.0 Å². The third-order valence-electron chi connectivity index (χ3n) is 11.2. The Morgan fingerprint density at radius 1 is 0.356 bits per heavy atom. The molecule has 10 rings (SSSR count). The first kappa shape index (κ1) is 35.7. The van der Waals surface area contributed by atoms with Crippen LogP contribution in [0.25, 0.3) is 102 Å². The maximum atomic E-state index is 5.45. The highest BCUT2D eigenvalue weighted by Crippen LogP contribution is 2.38. The quantitative estimate of drug-likeness (QED) is 0.166. The van der Waals surface area contributed by atoms with Gasteiger partial charge in [-0.15, -0.1) is 0 Å². The highest BCUT2D eigenvalue weighted by Gasteiger charge is 2.20. The van der Waals surface area contributed by atoms with E-state index in [1.54, 1.807) is 7.11 Å². The van der Waals surface area contributed by atoms with E-state index in [4.69, 9.17) is 14.7 Å². The van der Waals surface area contributed by atoms with Crippen LogP contribution in [0.1, 0.15) is 22.8 Å². The second-order valence-corrected chi connectivity index (χ2v) is 15.1. The molecule has 2 aliphatic rings. The van der Waals surface area contributed by atoms with E-state index in [1.807, 2.05) is 42.4 Å². The molecule has 0 fully saturated rings. The average molecular weight is 769 g/mol. The van der Waals surface area contributed by atoms with Gasteiger partial charge in [0.15, 0.2) is 37.2 Å². The van der Waals surface area contributed by atoms with Crippen LogP contribution in [-0.2, 0) is 21.1 Å². The van der Waals surface area contributed by atoms with Gasteiger partial charge < -0.3 is 14.7 Å². The zero-order valence-electron chi connectivity index (χ0n) is 33.3. The van der Waals surface area contributed by atoms with Gasteiger partial charge in [0.05, 0.1) is 29.9 Å². The van der Waals surface area contributed by atoms with Gasteiger partial charge in [-0.1, -0.05) is 36.4 Å². The number of nitrogens with one attached hydrogen (secondary N) is 2. The van der Waals surface area contributed by atoms with Gasteiger partial charge in [-0.2, -0.15) is 0 Å². The Morgan fingerprint density at radius 2 is 0.661 bits per heavy atom. The highest BCUT2D eigenvalue weighted by atomic mass is 16.5. The number of pyridine rings is 3. The molecule has 0 radical (unpaired) electrons. The lowest BCUT2D eigenvalue weighted by molar-refractivity contribution is -0.671. The number of nitrogens with zero attached hydrogens (tertiary/aromatic N) is 5. The smallest absolute Gasteiger partial charge is 0.169 e. The normalized spacial score (nSPS) is 11.9. The van der Waals surface area contributed by atoms with E-state index >= 15 is 0 Å². The first-order valence-electron chi connectivity index (χ1n) is 19.7. The standard InChI is InChI=1S/C51H41N7O/c1-56-27-21-36(22-28-56)49-42-15-13-40(52-42)48(35-7-5-33(6-8-35)34-9-11-39(59-4)12-10-34)41-14-16-43(53-41)50(37-23-29-57(2)30-24-37)45-18-20-47(55-45)51(46-19-17-44(49)54-46)38-25-31-58(3)32-26-38/h5-32H,1-4H3,(H,52,53,54,55)/q+2/p+1. The van der Waals surface area contributed by atoms with Gasteiger partial charge in [-0.25, -0.2) is 23.7 Å². The Hall–Kier alpha value is -7.71. The minimum atomic E-state index is 0.835. The van der Waals surface area contributed by atoms with Crippen molar-refractivity contribution < 1.29 is 18.4 Å². The average Bonchev–Trinajstić information content (AvgIpc) is 4.11. The largest absolute Gasteiger partial charge is 0.497 e. The monoisotopic (exact) mass is 768 g/mol. The Labute approximate surface area is 342 Å². The molecule has 0 saturated carbocycles. The first-order valence-corrected chi connectivity index (χ1v) is 19.7. The summed E-state index contributed by atoms with van der Waals surface area (Å²) in [5, 5.41) is 0. The Bertz CT molecular complexity index is 3120. The fourth-order valence-electron chi connectivity index (χ4n) is 8.04. The topological polar surface area (TPSA) is 78.2 Å². The van der Waals surface area contributed by atoms with Crippen molar-refractivity contribution in [2.24, 2.45) is 21.1 Å². The van der Waals surface area contributed by atoms with Crippen molar-refractivity contribution in [1.82, 2.24) is 19.9 Å². The Morgan fingerprint density at radius 3 is 1.07 bits per heavy atom. The van der Waals surface area contributed by atoms with Crippen LogP contribution in [0.2, 0.25) is 0 Å². The predicted octanol–water partition coefficient (Wildman–Crippen LogP) is 9.47. The van der Waals surface area contributed by atoms with E-state index in [-0.39, 0.29) is 0 Å². The van der Waals surface area contributed by atoms with E-state index in [1.165, 1.54) is 0 Å². The van der Waals surface area contributed by atoms with Crippen LogP contribution in [0.15, 0.2) is 146 Å². The Balaban J connectivity index is 1.31. The molecule has 8 heterocycles. The van der Waals surface area contributed by atoms with E-state index in [2.05, 4.69) is 173 Å². The van der Waals surface area contributed by atoms with Crippen molar-refractivity contribution in [3.05, 3.63) is 169 Å². The van der Waals surface area contributed by atoms with Crippen LogP contribution < -0.4 is 18.4 Å². The zero-order chi connectivity index (χ0) is 40.0. The van der Waals surface area contributed by atoms with E-state index in [0.29, 0.717) is 0 Å². The molecule has 8 nitrogen and oxygen atoms in total. The maximum Gasteiger partial charge on any atom is 0.169 e. The van der Waals surface area contributed by atoms with Crippen LogP contribution in [0.3, 0.4) is 0 Å². The molecule has 284 valence electrons. The second kappa shape index (κ2) is 14.7. The number of methoxy groups -OCH3 is 1. The summed E-state index contributed by atoms with van der Waals surface area (Å²) >= 11 is 0. The molecule has 0 atom stereocenters. The van der Waals surface area contributed by atoms with Crippen molar-refractivity contribution in [2.75, 3.05) is 7.11 Å². The van der Waals surface area contributed by atoms with Gasteiger partial charge in [0.2, 0.25) is 0 Å². The fraction of sp³-hybridized carbons (Fsp3) is 0.0784. The molecule has 0 aliphatic carbocycles. The number of aromatic amines is 2. The summed E-state index contributed by atoms with van der Waals surface area (Å²) in [5.74, 6) is 0.835. The third kappa shape index (κ3) is 6.70. The molecule has 2 aromatic carbocycles. The molecular formula is C51H42N7O+3. The molecule has 59 heavy (non-hydrogen) atoms. The molecule has 2 N–H and O–H groups in total. The van der Waals surface area contributed by atoms with Gasteiger partial charge >= 0.3 is 0 Å². The summed E-state index contributed by atoms with van der Waals surface area (Å²) in [4.78, 5) is 18.6. The van der Waals surface area contributed by atoms with Crippen molar-refractivity contribution in [1.29, 1.82) is 0 Å². The second-order valence-electron chi connectivity index (χ2n) is 15.1. The van der Waals surface area contributed by atoms with Gasteiger partial charge in [0, 0.05) is 80.7 Å². The van der Waals surface area contributed by atoms with Gasteiger partial charge in [-0.05, 0) is 94.1 Å². The third-order valence-corrected chi connectivity index (χ3v) is 11.2. The van der Waals surface area contributed by atoms with Crippen molar-refractivity contribution in [3.8, 4) is 61.4 Å². The summed E-state index contributed by atoms with van der Waals surface area (Å²) < 4.78 is 11.6. The summed E-state index contributed by atoms with van der Waals surface area (Å²) in [5.41, 5.74) is 17.9. The van der Waals surface area contributed by atoms with Crippen LogP contribution in [0.4, 0.5) is 0 Å². The molecule has 0 spiro atoms. The van der Waals surface area contributed by atoms with Gasteiger partial charge in [0.1, 0.15) is 26.9 Å². The van der Waals surface area contributed by atoms with E-state index in [9.17, 15) is 0 Å². The molecule has 0 unspecified atom stereocenters. The molecule has 8 heteroatoms. The summed E-state index contributed by atoms with van der Waals surface area (Å²) in [6.07, 6.45) is 21.0. The van der Waals surface area contributed by atoms with E-state index in [0.717, 1.165) is 106 Å². The van der Waals surface area contributed by atoms with E-state index < -0.39 is 0 Å². The number of hydrogen-bond donors (Lipinski definition) is 2. The molecule has 6 aromatic heterocycles. The number of rotatable bonds is 6. The molecular weight excluding hydrogens is 727 g/mol. The summed E-state index contributed by atoms with van der Waals surface area (Å²) in [6.45, 7) is 0. The molecule has 0 amide bonds. The van der Waals surface area contributed by atoms with Crippen LogP contribution >= 0.6 is 0 Å². The minimum absolute atomic E-state index is 0.835. The lowest BCUT2D eigenvalue weighted by atomic mass is 9.99. The van der Waals surface area contributed by atoms with Crippen molar-refractivity contribution in [3.63, 3.8) is 0 Å². The number of ether oxygens (including phenoxy) is 1. The van der Waals surface area contributed by atoms with Crippen LogP contribution in [0, 0.1) is 0 Å². The first-order chi connectivity index (χ1) is 28.9. The number of aryl methyl sites for hydroxylation is 3. The maximum absolute atomic E-state index is 5.45. The molecule has 8 bridgehead atoms. The van der Waals surface area contributed by atoms with Crippen molar-refractivity contribution in [2.45, 2.75) is 0 Å². The number of H-pyrrole nitrogens is 2. The number of fused-ring (bicyclic) bond motifs is 8. The molecule has 2 aliphatic heterocycles. The Kier molecular flexibility index (Phi) is 8.87. The van der Waals surface area contributed by atoms with Gasteiger partial charge in [0.25, 0.3) is 0 Å². The van der Waals surface area contributed by atoms with Crippen molar-refractivity contribution >= 4 is 46.4 Å². The SMILES string of the molecule is COc1ccc(-c2ccc(-c3c4nc(c(-c5cc[n+](C)cc5)c5nc(c(-c6cc[n+](C)cc6)c6ccc([nH]6)c(-c6cc[n+](C)cc6)c6ccc3[nH]6)C=C5)C=C4)cc2)cc1. The van der Waals surface area contributed by atoms with Crippen LogP contribution in [0.5, 0.6) is 5.75 Å². The lowest BCUT2D eigenvalue weighted by Crippen LogP contribution is -2.25. The fourth-order valence-corrected chi connectivity index (χ4v) is 8.04.